The van der Waals surface area contributed by atoms with Crippen molar-refractivity contribution < 1.29 is 9.53 Å². The Morgan fingerprint density at radius 3 is 1.87 bits per heavy atom. The molecule has 196 valence electrons. The Kier molecular flexibility index (Phi) is 6.56. The first-order valence-corrected chi connectivity index (χ1v) is 14.8. The lowest BCUT2D eigenvalue weighted by molar-refractivity contribution is -0.134. The summed E-state index contributed by atoms with van der Waals surface area (Å²) in [6, 6.07) is 34.3. The van der Waals surface area contributed by atoms with Crippen LogP contribution in [0.15, 0.2) is 102 Å². The maximum atomic E-state index is 13.1. The van der Waals surface area contributed by atoms with Crippen molar-refractivity contribution in [1.29, 1.82) is 0 Å². The van der Waals surface area contributed by atoms with Gasteiger partial charge in [0, 0.05) is 5.56 Å². The molecule has 0 unspecified atom stereocenters. The van der Waals surface area contributed by atoms with E-state index in [0.717, 1.165) is 11.3 Å². The van der Waals surface area contributed by atoms with Gasteiger partial charge in [-0.25, -0.2) is 9.80 Å². The number of fused-ring (bicyclic) bond motifs is 2. The van der Waals surface area contributed by atoms with Crippen molar-refractivity contribution in [2.75, 3.05) is 11.6 Å². The molecule has 0 amide bonds. The van der Waals surface area contributed by atoms with E-state index in [9.17, 15) is 4.79 Å². The van der Waals surface area contributed by atoms with E-state index in [2.05, 4.69) is 118 Å². The molecule has 0 radical (unpaired) electrons. The van der Waals surface area contributed by atoms with Crippen LogP contribution < -0.4 is 5.01 Å². The normalized spacial score (nSPS) is 19.2. The fourth-order valence-corrected chi connectivity index (χ4v) is 9.37. The highest BCUT2D eigenvalue weighted by molar-refractivity contribution is 8.27. The highest BCUT2D eigenvalue weighted by Crippen LogP contribution is 2.71. The van der Waals surface area contributed by atoms with Gasteiger partial charge in [-0.2, -0.15) is 5.10 Å². The molecule has 6 heteroatoms. The average Bonchev–Trinajstić information content (AvgIpc) is 3.47. The smallest absolute Gasteiger partial charge is 0.365 e. The van der Waals surface area contributed by atoms with Gasteiger partial charge >= 0.3 is 5.97 Å². The Morgan fingerprint density at radius 1 is 0.769 bits per heavy atom. The minimum absolute atomic E-state index is 0.302. The largest absolute Gasteiger partial charge is 0.461 e. The number of benzene rings is 4. The third-order valence-electron chi connectivity index (χ3n) is 7.42. The number of hydrogen-bond acceptors (Lipinski definition) is 6. The second-order valence-corrected chi connectivity index (χ2v) is 12.8. The van der Waals surface area contributed by atoms with Crippen LogP contribution >= 0.6 is 23.5 Å². The fraction of sp³-hybridized carbons (Fsp3) is 0.212. The van der Waals surface area contributed by atoms with Gasteiger partial charge < -0.3 is 4.74 Å². The molecule has 0 saturated carbocycles. The number of ether oxygens (including phenoxy) is 1. The number of rotatable bonds is 5. The van der Waals surface area contributed by atoms with E-state index in [1.54, 1.807) is 0 Å². The molecule has 0 fully saturated rings. The lowest BCUT2D eigenvalue weighted by Gasteiger charge is -2.38. The predicted octanol–water partition coefficient (Wildman–Crippen LogP) is 7.89. The summed E-state index contributed by atoms with van der Waals surface area (Å²) in [4.78, 5) is 13.1. The van der Waals surface area contributed by atoms with Crippen molar-refractivity contribution in [3.05, 3.63) is 136 Å². The highest BCUT2D eigenvalue weighted by atomic mass is 32.2. The van der Waals surface area contributed by atoms with Gasteiger partial charge in [0.05, 0.1) is 17.0 Å². The topological polar surface area (TPSA) is 41.9 Å². The third kappa shape index (κ3) is 4.00. The van der Waals surface area contributed by atoms with Gasteiger partial charge in [0.2, 0.25) is 5.04 Å². The zero-order valence-electron chi connectivity index (χ0n) is 22.5. The monoisotopic (exact) mass is 550 g/mol. The van der Waals surface area contributed by atoms with Gasteiger partial charge in [-0.05, 0) is 67.6 Å². The van der Waals surface area contributed by atoms with Crippen LogP contribution in [0.25, 0.3) is 0 Å². The first-order valence-electron chi connectivity index (χ1n) is 13.1. The van der Waals surface area contributed by atoms with Crippen LogP contribution in [0, 0.1) is 20.8 Å². The number of hydrazone groups is 1. The summed E-state index contributed by atoms with van der Waals surface area (Å²) in [5.41, 5.74) is 9.36. The number of anilines is 1. The van der Waals surface area contributed by atoms with Crippen molar-refractivity contribution in [3.63, 3.8) is 0 Å². The zero-order chi connectivity index (χ0) is 27.2. The molecule has 4 aromatic rings. The number of nitrogens with zero attached hydrogens (tertiary/aromatic N) is 2. The van der Waals surface area contributed by atoms with Crippen LogP contribution in [0.2, 0.25) is 0 Å². The molecule has 4 nitrogen and oxygen atoms in total. The van der Waals surface area contributed by atoms with E-state index < -0.39 is 8.95 Å². The minimum atomic E-state index is -0.724. The number of esters is 1. The molecular formula is C33H30N2O2S2. The number of thioether (sulfide) groups is 2. The number of carbonyl (C=O) groups is 1. The Hall–Kier alpha value is -3.48. The van der Waals surface area contributed by atoms with Crippen LogP contribution in [-0.4, -0.2) is 17.6 Å². The molecule has 0 N–H and O–H groups in total. The molecule has 6 rings (SSSR count). The van der Waals surface area contributed by atoms with E-state index in [0.29, 0.717) is 11.7 Å². The van der Waals surface area contributed by atoms with Crippen molar-refractivity contribution in [3.8, 4) is 0 Å². The molecule has 0 bridgehead atoms. The molecule has 4 aromatic carbocycles. The van der Waals surface area contributed by atoms with Crippen molar-refractivity contribution in [2.24, 2.45) is 5.10 Å². The first-order chi connectivity index (χ1) is 18.9. The van der Waals surface area contributed by atoms with E-state index in [1.807, 2.05) is 23.7 Å². The number of hydrogen-bond donors (Lipinski definition) is 0. The van der Waals surface area contributed by atoms with E-state index in [1.165, 1.54) is 45.1 Å². The highest BCUT2D eigenvalue weighted by Gasteiger charge is 2.62. The maximum absolute atomic E-state index is 13.1. The molecule has 0 aromatic heterocycles. The first kappa shape index (κ1) is 25.8. The second kappa shape index (κ2) is 9.92. The summed E-state index contributed by atoms with van der Waals surface area (Å²) < 4.78 is 4.20. The Bertz CT molecular complexity index is 1550. The number of carbonyl (C=O) groups excluding carboxylic acids is 1. The van der Waals surface area contributed by atoms with E-state index >= 15 is 0 Å². The van der Waals surface area contributed by atoms with Crippen molar-refractivity contribution in [1.82, 2.24) is 0 Å². The lowest BCUT2D eigenvalue weighted by Crippen LogP contribution is -2.34. The van der Waals surface area contributed by atoms with Crippen LogP contribution in [0.3, 0.4) is 0 Å². The molecule has 2 heterocycles. The summed E-state index contributed by atoms with van der Waals surface area (Å²) in [7, 11) is 0. The van der Waals surface area contributed by atoms with Crippen molar-refractivity contribution >= 4 is 40.2 Å². The fourth-order valence-electron chi connectivity index (χ4n) is 5.64. The number of aryl methyl sites for hydroxylation is 3. The van der Waals surface area contributed by atoms with Crippen LogP contribution in [0.1, 0.15) is 45.9 Å². The van der Waals surface area contributed by atoms with Crippen molar-refractivity contribution in [2.45, 2.75) is 36.6 Å². The second-order valence-electron chi connectivity index (χ2n) is 9.92. The van der Waals surface area contributed by atoms with Gasteiger partial charge in [0.25, 0.3) is 0 Å². The molecule has 2 aliphatic heterocycles. The summed E-state index contributed by atoms with van der Waals surface area (Å²) in [5.74, 6) is -0.390. The molecule has 2 aliphatic rings. The zero-order valence-corrected chi connectivity index (χ0v) is 24.1. The Balaban J connectivity index is 1.66. The van der Waals surface area contributed by atoms with Gasteiger partial charge in [-0.1, -0.05) is 114 Å². The molecule has 1 spiro atoms. The van der Waals surface area contributed by atoms with Gasteiger partial charge in [-0.15, -0.1) is 0 Å². The van der Waals surface area contributed by atoms with E-state index in [4.69, 9.17) is 9.84 Å². The third-order valence-corrected chi connectivity index (χ3v) is 10.7. The van der Waals surface area contributed by atoms with Gasteiger partial charge in [0.15, 0.2) is 4.20 Å². The maximum Gasteiger partial charge on any atom is 0.365 e. The Labute approximate surface area is 238 Å². The molecule has 39 heavy (non-hydrogen) atoms. The average molecular weight is 551 g/mol. The summed E-state index contributed by atoms with van der Waals surface area (Å²) in [6.07, 6.45) is 0. The minimum Gasteiger partial charge on any atom is -0.461 e. The van der Waals surface area contributed by atoms with E-state index in [-0.39, 0.29) is 5.97 Å². The summed E-state index contributed by atoms with van der Waals surface area (Å²) >= 11 is 3.33. The molecule has 0 aliphatic carbocycles. The van der Waals surface area contributed by atoms with Crippen LogP contribution in [-0.2, 0) is 18.5 Å². The quantitative estimate of drug-likeness (QED) is 0.236. The SMILES string of the molecule is CCOC(=O)C1=NN(c2ccc(C)cc2)[C@@]2(S1)SC(c1ccccc1C)(c1ccccc1C)c1ccccc12. The van der Waals surface area contributed by atoms with Crippen LogP contribution in [0.4, 0.5) is 5.69 Å². The lowest BCUT2D eigenvalue weighted by atomic mass is 9.79. The summed E-state index contributed by atoms with van der Waals surface area (Å²) in [5, 5.41) is 7.35. The Morgan fingerprint density at radius 2 is 1.31 bits per heavy atom. The standard InChI is InChI=1S/C33H30N2O2S2/c1-5-37-31(36)30-34-35(25-20-18-22(2)19-21-25)33(38-30)29-17-11-10-16-28(29)32(39-33,26-14-8-6-12-23(26)3)27-15-9-7-13-24(27)4/h6-21H,5H2,1-4H3/t33-/m0/s1. The molecule has 1 atom stereocenters. The van der Waals surface area contributed by atoms with Gasteiger partial charge in [0.1, 0.15) is 0 Å². The molecular weight excluding hydrogens is 521 g/mol. The molecule has 0 saturated heterocycles. The summed E-state index contributed by atoms with van der Waals surface area (Å²) in [6.45, 7) is 8.57. The van der Waals surface area contributed by atoms with Gasteiger partial charge in [-0.3, -0.25) is 0 Å². The van der Waals surface area contributed by atoms with Crippen LogP contribution in [0.5, 0.6) is 0 Å². The predicted molar refractivity (Wildman–Crippen MR) is 163 cm³/mol.